The minimum atomic E-state index is -4.61. The molecule has 12 nitrogen and oxygen atoms in total. The summed E-state index contributed by atoms with van der Waals surface area (Å²) in [5, 5.41) is 30.8. The van der Waals surface area contributed by atoms with Crippen molar-refractivity contribution in [2.24, 2.45) is 0 Å². The Hall–Kier alpha value is -2.91. The monoisotopic (exact) mass is 838 g/mol. The highest BCUT2D eigenvalue weighted by Crippen LogP contribution is 2.24. The van der Waals surface area contributed by atoms with Crippen LogP contribution < -0.4 is 0 Å². The molecule has 0 amide bonds. The van der Waals surface area contributed by atoms with Gasteiger partial charge in [0.1, 0.15) is 36.8 Å². The third-order valence-electron chi connectivity index (χ3n) is 9.33. The van der Waals surface area contributed by atoms with Gasteiger partial charge in [0.2, 0.25) is 0 Å². The third kappa shape index (κ3) is 29.3. The van der Waals surface area contributed by atoms with Gasteiger partial charge < -0.3 is 34.3 Å². The molecule has 13 heteroatoms. The fourth-order valence-electron chi connectivity index (χ4n) is 5.98. The average molecular weight is 839 g/mol. The lowest BCUT2D eigenvalue weighted by atomic mass is 10.00. The van der Waals surface area contributed by atoms with E-state index in [-0.39, 0.29) is 19.4 Å². The molecule has 1 aliphatic rings. The first-order valence-corrected chi connectivity index (χ1v) is 23.1. The van der Waals surface area contributed by atoms with Crippen LogP contribution in [0, 0.1) is 0 Å². The van der Waals surface area contributed by atoms with Gasteiger partial charge in [-0.05, 0) is 64.2 Å². The van der Waals surface area contributed by atoms with E-state index in [1.54, 1.807) is 0 Å². The van der Waals surface area contributed by atoms with Gasteiger partial charge in [0.15, 0.2) is 12.4 Å². The molecule has 332 valence electrons. The van der Waals surface area contributed by atoms with Crippen LogP contribution >= 0.6 is 0 Å². The number of aliphatic hydroxyl groups is 3. The smallest absolute Gasteiger partial charge is 0.306 e. The van der Waals surface area contributed by atoms with E-state index < -0.39 is 71.2 Å². The van der Waals surface area contributed by atoms with E-state index in [1.807, 2.05) is 30.4 Å². The van der Waals surface area contributed by atoms with Crippen molar-refractivity contribution >= 4 is 22.1 Å². The van der Waals surface area contributed by atoms with E-state index in [1.165, 1.54) is 38.5 Å². The van der Waals surface area contributed by atoms with Crippen LogP contribution in [0.15, 0.2) is 72.9 Å². The van der Waals surface area contributed by atoms with Gasteiger partial charge in [0, 0.05) is 12.8 Å². The number of hydrogen-bond acceptors (Lipinski definition) is 11. The highest BCUT2D eigenvalue weighted by Gasteiger charge is 2.46. The van der Waals surface area contributed by atoms with Crippen LogP contribution in [-0.4, -0.2) is 96.0 Å². The van der Waals surface area contributed by atoms with Crippen molar-refractivity contribution in [3.63, 3.8) is 0 Å². The normalized spacial score (nSPS) is 21.1. The summed E-state index contributed by atoms with van der Waals surface area (Å²) in [5.74, 6) is -2.09. The van der Waals surface area contributed by atoms with Crippen molar-refractivity contribution < 1.29 is 56.8 Å². The molecule has 58 heavy (non-hydrogen) atoms. The molecule has 6 atom stereocenters. The van der Waals surface area contributed by atoms with Crippen molar-refractivity contribution in [3.8, 4) is 0 Å². The van der Waals surface area contributed by atoms with E-state index in [2.05, 4.69) is 56.4 Å². The quantitative estimate of drug-likeness (QED) is 0.0160. The topological polar surface area (TPSA) is 186 Å². The Morgan fingerprint density at radius 2 is 1.17 bits per heavy atom. The second kappa shape index (κ2) is 34.9. The molecule has 3 unspecified atom stereocenters. The fourth-order valence-corrected chi connectivity index (χ4v) is 6.68. The van der Waals surface area contributed by atoms with E-state index in [4.69, 9.17) is 18.9 Å². The number of aliphatic hydroxyl groups excluding tert-OH is 3. The molecule has 0 bridgehead atoms. The van der Waals surface area contributed by atoms with Crippen LogP contribution in [0.4, 0.5) is 0 Å². The summed E-state index contributed by atoms with van der Waals surface area (Å²) in [6, 6.07) is 0. The second-order valence-corrected chi connectivity index (χ2v) is 16.2. The Labute approximate surface area is 348 Å². The number of carbonyl (C=O) groups excluding carboxylic acids is 2. The second-order valence-electron chi connectivity index (χ2n) is 14.7. The molecule has 0 aromatic heterocycles. The van der Waals surface area contributed by atoms with Gasteiger partial charge in [-0.1, -0.05) is 138 Å². The molecule has 0 aliphatic carbocycles. The molecule has 1 heterocycles. The number of ether oxygens (including phenoxy) is 4. The zero-order chi connectivity index (χ0) is 42.7. The third-order valence-corrected chi connectivity index (χ3v) is 10.1. The van der Waals surface area contributed by atoms with Gasteiger partial charge in [-0.15, -0.1) is 0 Å². The maximum atomic E-state index is 12.8. The molecule has 0 aromatic rings. The maximum Gasteiger partial charge on any atom is 0.306 e. The summed E-state index contributed by atoms with van der Waals surface area (Å²) in [7, 11) is -4.61. The summed E-state index contributed by atoms with van der Waals surface area (Å²) in [5.41, 5.74) is 0. The van der Waals surface area contributed by atoms with E-state index in [9.17, 15) is 37.9 Å². The van der Waals surface area contributed by atoms with Crippen LogP contribution in [0.1, 0.15) is 142 Å². The molecule has 0 saturated carbocycles. The Morgan fingerprint density at radius 1 is 0.621 bits per heavy atom. The number of esters is 2. The molecule has 4 N–H and O–H groups in total. The number of allylic oxidation sites excluding steroid dienone is 12. The molecule has 1 fully saturated rings. The Morgan fingerprint density at radius 3 is 1.81 bits per heavy atom. The first kappa shape index (κ1) is 53.1. The van der Waals surface area contributed by atoms with Crippen molar-refractivity contribution in [2.75, 3.05) is 19.0 Å². The van der Waals surface area contributed by atoms with Gasteiger partial charge in [-0.3, -0.25) is 14.1 Å². The molecule has 1 aliphatic heterocycles. The van der Waals surface area contributed by atoms with Crippen LogP contribution in [0.2, 0.25) is 0 Å². The minimum Gasteiger partial charge on any atom is -0.462 e. The van der Waals surface area contributed by atoms with Gasteiger partial charge in [-0.25, -0.2) is 0 Å². The molecule has 0 aromatic carbocycles. The van der Waals surface area contributed by atoms with Crippen molar-refractivity contribution in [1.29, 1.82) is 0 Å². The first-order valence-electron chi connectivity index (χ1n) is 21.5. The highest BCUT2D eigenvalue weighted by atomic mass is 32.2. The lowest BCUT2D eigenvalue weighted by Crippen LogP contribution is -2.60. The SMILES string of the molecule is CC/C=C/C=C/C=C/CCCCCCCC(=O)OC(COC(=O)CCC/C=C/C/C=C/C/C=C/CCCCCCCC)CO[C@H]1O[C@H](CS(=O)(=O)O)[C@@H](O)C(O)C1O. The Kier molecular flexibility index (Phi) is 32.0. The molecular weight excluding hydrogens is 765 g/mol. The number of hydrogen-bond donors (Lipinski definition) is 4. The predicted octanol–water partition coefficient (Wildman–Crippen LogP) is 8.33. The highest BCUT2D eigenvalue weighted by molar-refractivity contribution is 7.85. The van der Waals surface area contributed by atoms with Crippen molar-refractivity contribution in [1.82, 2.24) is 0 Å². The fraction of sp³-hybridized carbons (Fsp3) is 0.689. The first-order chi connectivity index (χ1) is 28.0. The van der Waals surface area contributed by atoms with Gasteiger partial charge >= 0.3 is 11.9 Å². The van der Waals surface area contributed by atoms with Gasteiger partial charge in [0.05, 0.1) is 6.61 Å². The minimum absolute atomic E-state index is 0.127. The summed E-state index contributed by atoms with van der Waals surface area (Å²) in [4.78, 5) is 25.3. The largest absolute Gasteiger partial charge is 0.462 e. The van der Waals surface area contributed by atoms with Crippen LogP contribution in [0.5, 0.6) is 0 Å². The van der Waals surface area contributed by atoms with Crippen LogP contribution in [-0.2, 0) is 38.7 Å². The van der Waals surface area contributed by atoms with Crippen molar-refractivity contribution in [2.45, 2.75) is 179 Å². The number of unbranched alkanes of at least 4 members (excludes halogenated alkanes) is 12. The predicted molar refractivity (Wildman–Crippen MR) is 228 cm³/mol. The van der Waals surface area contributed by atoms with Crippen molar-refractivity contribution in [3.05, 3.63) is 72.9 Å². The summed E-state index contributed by atoms with van der Waals surface area (Å²) >= 11 is 0. The average Bonchev–Trinajstić information content (AvgIpc) is 3.18. The van der Waals surface area contributed by atoms with Gasteiger partial charge in [-0.2, -0.15) is 8.42 Å². The van der Waals surface area contributed by atoms with Crippen LogP contribution in [0.3, 0.4) is 0 Å². The maximum absolute atomic E-state index is 12.8. The van der Waals surface area contributed by atoms with E-state index in [0.717, 1.165) is 57.8 Å². The number of rotatable bonds is 34. The zero-order valence-corrected chi connectivity index (χ0v) is 35.9. The Balaban J connectivity index is 2.52. The standard InChI is InChI=1S/C45H74O12S/c1-3-5-7-9-11-13-15-17-18-19-20-22-23-25-27-29-31-33-40(46)54-35-38(36-55-45-44(50)43(49)42(48)39(57-45)37-58(51,52)53)56-41(47)34-32-30-28-26-24-21-16-14-12-10-8-6-4-2/h6,8,10,12,14,16-18,20,22,25,27,38-39,42-45,48-50H,3-5,7,9,11,13,15,19,21,23-24,26,28-37H2,1-2H3,(H,51,52,53)/b8-6+,12-10+,16-14+,18-17+,22-20+,27-25+/t38?,39-,42-,43?,44?,45+/m1/s1. The molecule has 0 spiro atoms. The summed E-state index contributed by atoms with van der Waals surface area (Å²) in [6.45, 7) is 3.53. The molecule has 0 radical (unpaired) electrons. The lowest BCUT2D eigenvalue weighted by molar-refractivity contribution is -0.297. The molecule has 1 saturated heterocycles. The summed E-state index contributed by atoms with van der Waals surface area (Å²) in [6.07, 6.45) is 33.9. The Bertz CT molecular complexity index is 1350. The molecular formula is C45H74O12S. The van der Waals surface area contributed by atoms with Crippen LogP contribution in [0.25, 0.3) is 0 Å². The lowest BCUT2D eigenvalue weighted by Gasteiger charge is -2.40. The van der Waals surface area contributed by atoms with E-state index in [0.29, 0.717) is 19.3 Å². The van der Waals surface area contributed by atoms with E-state index >= 15 is 0 Å². The zero-order valence-electron chi connectivity index (χ0n) is 35.1. The number of carbonyl (C=O) groups is 2. The molecule has 1 rings (SSSR count). The van der Waals surface area contributed by atoms with Gasteiger partial charge in [0.25, 0.3) is 10.1 Å². The summed E-state index contributed by atoms with van der Waals surface area (Å²) < 4.78 is 53.9.